The van der Waals surface area contributed by atoms with Crippen molar-refractivity contribution < 1.29 is 31.5 Å². The molecule has 0 spiro atoms. The van der Waals surface area contributed by atoms with E-state index < -0.39 is 58.9 Å². The third-order valence-corrected chi connectivity index (χ3v) is 5.34. The van der Waals surface area contributed by atoms with Crippen LogP contribution in [0.4, 0.5) is 13.2 Å². The first-order valence-corrected chi connectivity index (χ1v) is 8.05. The van der Waals surface area contributed by atoms with Gasteiger partial charge in [-0.05, 0) is 17.7 Å². The molecule has 0 bridgehead atoms. The van der Waals surface area contributed by atoms with E-state index >= 15 is 0 Å². The molecule has 1 atom stereocenters. The van der Waals surface area contributed by atoms with Crippen molar-refractivity contribution in [1.29, 1.82) is 0 Å². The van der Waals surface area contributed by atoms with Gasteiger partial charge in [0.2, 0.25) is 10.0 Å². The molecule has 0 aromatic heterocycles. The molecule has 22 heavy (non-hydrogen) atoms. The van der Waals surface area contributed by atoms with Gasteiger partial charge in [0.25, 0.3) is 5.92 Å². The number of hydrogen-bond acceptors (Lipinski definition) is 3. The molecule has 1 heterocycles. The second-order valence-corrected chi connectivity index (χ2v) is 7.11. The van der Waals surface area contributed by atoms with Crippen LogP contribution in [0.15, 0.2) is 24.3 Å². The molecule has 1 unspecified atom stereocenters. The van der Waals surface area contributed by atoms with E-state index in [-0.39, 0.29) is 5.56 Å². The zero-order valence-corrected chi connectivity index (χ0v) is 12.2. The normalized spacial score (nSPS) is 22.4. The number of aliphatic carboxylic acids is 1. The highest BCUT2D eigenvalue weighted by Gasteiger charge is 2.50. The Balaban J connectivity index is 2.18. The smallest absolute Gasteiger partial charge is 0.313 e. The standard InChI is InChI=1S/C13H14F3NO4S/c14-10-3-1-2-9(6-10)8-22(20,21)17-5-4-13(15,16)11(7-17)12(18)19/h1-3,6,11H,4-5,7-8H2,(H,18,19). The van der Waals surface area contributed by atoms with Crippen LogP contribution in [-0.4, -0.2) is 42.8 Å². The van der Waals surface area contributed by atoms with Crippen LogP contribution in [0.3, 0.4) is 0 Å². The highest BCUT2D eigenvalue weighted by Crippen LogP contribution is 2.35. The van der Waals surface area contributed by atoms with Gasteiger partial charge in [0, 0.05) is 19.5 Å². The molecule has 1 aliphatic heterocycles. The van der Waals surface area contributed by atoms with E-state index in [1.165, 1.54) is 12.1 Å². The summed E-state index contributed by atoms with van der Waals surface area (Å²) in [7, 11) is -4.00. The predicted molar refractivity (Wildman–Crippen MR) is 71.3 cm³/mol. The molecular weight excluding hydrogens is 323 g/mol. The molecule has 0 aliphatic carbocycles. The second kappa shape index (κ2) is 5.88. The summed E-state index contributed by atoms with van der Waals surface area (Å²) in [4.78, 5) is 10.9. The molecule has 1 aromatic rings. The van der Waals surface area contributed by atoms with Gasteiger partial charge in [-0.3, -0.25) is 4.79 Å². The van der Waals surface area contributed by atoms with Gasteiger partial charge in [0.05, 0.1) is 5.75 Å². The molecule has 0 amide bonds. The van der Waals surface area contributed by atoms with E-state index in [0.717, 1.165) is 16.4 Å². The molecule has 1 saturated heterocycles. The first-order valence-electron chi connectivity index (χ1n) is 6.45. The number of benzene rings is 1. The van der Waals surface area contributed by atoms with Crippen LogP contribution in [0.2, 0.25) is 0 Å². The van der Waals surface area contributed by atoms with Crippen molar-refractivity contribution in [2.75, 3.05) is 13.1 Å². The van der Waals surface area contributed by atoms with Crippen molar-refractivity contribution in [3.05, 3.63) is 35.6 Å². The Morgan fingerprint density at radius 3 is 2.68 bits per heavy atom. The fraction of sp³-hybridized carbons (Fsp3) is 0.462. The lowest BCUT2D eigenvalue weighted by Crippen LogP contribution is -2.52. The van der Waals surface area contributed by atoms with Crippen LogP contribution in [0.5, 0.6) is 0 Å². The Kier molecular flexibility index (Phi) is 4.48. The van der Waals surface area contributed by atoms with Crippen molar-refractivity contribution >= 4 is 16.0 Å². The molecule has 1 aromatic carbocycles. The Morgan fingerprint density at radius 1 is 1.41 bits per heavy atom. The van der Waals surface area contributed by atoms with Crippen LogP contribution in [0, 0.1) is 11.7 Å². The van der Waals surface area contributed by atoms with Crippen LogP contribution in [0.1, 0.15) is 12.0 Å². The second-order valence-electron chi connectivity index (χ2n) is 5.15. The minimum absolute atomic E-state index is 0.171. The first-order chi connectivity index (χ1) is 10.1. The molecule has 0 radical (unpaired) electrons. The number of halogens is 3. The van der Waals surface area contributed by atoms with Gasteiger partial charge in [-0.1, -0.05) is 12.1 Å². The number of sulfonamides is 1. The Labute approximate surface area is 125 Å². The van der Waals surface area contributed by atoms with Crippen molar-refractivity contribution in [2.24, 2.45) is 5.92 Å². The third-order valence-electron chi connectivity index (χ3n) is 3.52. The average molecular weight is 337 g/mol. The van der Waals surface area contributed by atoms with E-state index in [4.69, 9.17) is 5.11 Å². The summed E-state index contributed by atoms with van der Waals surface area (Å²) < 4.78 is 65.2. The summed E-state index contributed by atoms with van der Waals surface area (Å²) in [6.07, 6.45) is -0.855. The molecule has 0 saturated carbocycles. The monoisotopic (exact) mass is 337 g/mol. The topological polar surface area (TPSA) is 74.7 Å². The summed E-state index contributed by atoms with van der Waals surface area (Å²) >= 11 is 0. The average Bonchev–Trinajstić information content (AvgIpc) is 2.36. The molecule has 5 nitrogen and oxygen atoms in total. The highest BCUT2D eigenvalue weighted by atomic mass is 32.2. The minimum atomic E-state index is -4.00. The zero-order chi connectivity index (χ0) is 16.5. The number of carboxylic acid groups (broad SMARTS) is 1. The SMILES string of the molecule is O=C(O)C1CN(S(=O)(=O)Cc2cccc(F)c2)CCC1(F)F. The van der Waals surface area contributed by atoms with E-state index in [2.05, 4.69) is 0 Å². The maximum Gasteiger partial charge on any atom is 0.313 e. The molecule has 9 heteroatoms. The van der Waals surface area contributed by atoms with Gasteiger partial charge in [-0.15, -0.1) is 0 Å². The molecule has 1 aliphatic rings. The highest BCUT2D eigenvalue weighted by molar-refractivity contribution is 7.88. The summed E-state index contributed by atoms with van der Waals surface area (Å²) in [5.74, 6) is -8.44. The maximum absolute atomic E-state index is 13.5. The number of alkyl halides is 2. The van der Waals surface area contributed by atoms with Gasteiger partial charge in [-0.2, -0.15) is 0 Å². The summed E-state index contributed by atoms with van der Waals surface area (Å²) in [5.41, 5.74) is 0.171. The van der Waals surface area contributed by atoms with Crippen molar-refractivity contribution in [3.8, 4) is 0 Å². The van der Waals surface area contributed by atoms with Gasteiger partial charge in [0.1, 0.15) is 11.7 Å². The van der Waals surface area contributed by atoms with Gasteiger partial charge >= 0.3 is 5.97 Å². The van der Waals surface area contributed by atoms with Gasteiger partial charge in [0.15, 0.2) is 0 Å². The molecule has 1 fully saturated rings. The lowest BCUT2D eigenvalue weighted by atomic mass is 9.95. The lowest BCUT2D eigenvalue weighted by Gasteiger charge is -2.35. The molecule has 1 N–H and O–H groups in total. The number of carboxylic acids is 1. The summed E-state index contributed by atoms with van der Waals surface area (Å²) in [6, 6.07) is 4.92. The number of carbonyl (C=O) groups is 1. The Hall–Kier alpha value is -1.61. The number of nitrogens with zero attached hydrogens (tertiary/aromatic N) is 1. The quantitative estimate of drug-likeness (QED) is 0.907. The van der Waals surface area contributed by atoms with Crippen molar-refractivity contribution in [2.45, 2.75) is 18.1 Å². The Bertz CT molecular complexity index is 678. The summed E-state index contributed by atoms with van der Waals surface area (Å²) in [5, 5.41) is 8.83. The van der Waals surface area contributed by atoms with Crippen LogP contribution in [-0.2, 0) is 20.6 Å². The van der Waals surface area contributed by atoms with Gasteiger partial charge < -0.3 is 5.11 Å². The van der Waals surface area contributed by atoms with Crippen LogP contribution >= 0.6 is 0 Å². The number of rotatable bonds is 4. The fourth-order valence-corrected chi connectivity index (χ4v) is 3.85. The third kappa shape index (κ3) is 3.58. The summed E-state index contributed by atoms with van der Waals surface area (Å²) in [6.45, 7) is -1.26. The van der Waals surface area contributed by atoms with Crippen LogP contribution in [0.25, 0.3) is 0 Å². The van der Waals surface area contributed by atoms with E-state index in [1.54, 1.807) is 0 Å². The van der Waals surface area contributed by atoms with Crippen molar-refractivity contribution in [3.63, 3.8) is 0 Å². The molecule has 2 rings (SSSR count). The van der Waals surface area contributed by atoms with E-state index in [1.807, 2.05) is 0 Å². The number of hydrogen-bond donors (Lipinski definition) is 1. The number of piperidine rings is 1. The predicted octanol–water partition coefficient (Wildman–Crippen LogP) is 1.70. The van der Waals surface area contributed by atoms with E-state index in [9.17, 15) is 26.4 Å². The molecule has 122 valence electrons. The lowest BCUT2D eigenvalue weighted by molar-refractivity contribution is -0.163. The maximum atomic E-state index is 13.5. The van der Waals surface area contributed by atoms with E-state index in [0.29, 0.717) is 0 Å². The minimum Gasteiger partial charge on any atom is -0.481 e. The first kappa shape index (κ1) is 16.8. The Morgan fingerprint density at radius 2 is 2.09 bits per heavy atom. The largest absolute Gasteiger partial charge is 0.481 e. The molecular formula is C13H14F3NO4S. The van der Waals surface area contributed by atoms with Gasteiger partial charge in [-0.25, -0.2) is 25.9 Å². The van der Waals surface area contributed by atoms with Crippen LogP contribution < -0.4 is 0 Å². The fourth-order valence-electron chi connectivity index (χ4n) is 2.32. The zero-order valence-electron chi connectivity index (χ0n) is 11.4. The van der Waals surface area contributed by atoms with Crippen molar-refractivity contribution in [1.82, 2.24) is 4.31 Å².